The molecule has 0 aliphatic carbocycles. The van der Waals surface area contributed by atoms with E-state index < -0.39 is 0 Å². The van der Waals surface area contributed by atoms with E-state index in [0.717, 1.165) is 12.5 Å². The van der Waals surface area contributed by atoms with Gasteiger partial charge in [0.05, 0.1) is 6.10 Å². The van der Waals surface area contributed by atoms with Crippen molar-refractivity contribution in [1.29, 1.82) is 0 Å². The minimum absolute atomic E-state index is 0.144. The van der Waals surface area contributed by atoms with Crippen LogP contribution in [0.4, 0.5) is 0 Å². The molecule has 0 N–H and O–H groups in total. The van der Waals surface area contributed by atoms with E-state index in [4.69, 9.17) is 4.74 Å². The first-order chi connectivity index (χ1) is 5.06. The molecule has 1 saturated heterocycles. The lowest BCUT2D eigenvalue weighted by molar-refractivity contribution is 0.0422. The van der Waals surface area contributed by atoms with Crippen molar-refractivity contribution in [2.45, 2.75) is 33.3 Å². The molecule has 1 rings (SSSR count). The van der Waals surface area contributed by atoms with E-state index >= 15 is 0 Å². The molecular formula is C10H18O. The van der Waals surface area contributed by atoms with Crippen molar-refractivity contribution < 1.29 is 4.74 Å². The molecule has 2 atom stereocenters. The normalized spacial score (nSPS) is 32.3. The highest BCUT2D eigenvalue weighted by Crippen LogP contribution is 2.33. The van der Waals surface area contributed by atoms with Crippen molar-refractivity contribution in [3.05, 3.63) is 12.7 Å². The fourth-order valence-electron chi connectivity index (χ4n) is 1.43. The molecule has 1 nitrogen and oxygen atoms in total. The number of ether oxygens (including phenoxy) is 1. The van der Waals surface area contributed by atoms with Gasteiger partial charge in [0, 0.05) is 12.0 Å². The second-order valence-electron chi connectivity index (χ2n) is 4.19. The van der Waals surface area contributed by atoms with Gasteiger partial charge in [-0.05, 0) is 12.3 Å². The Bertz CT molecular complexity index is 149. The molecule has 0 aromatic rings. The zero-order valence-electron chi connectivity index (χ0n) is 7.76. The van der Waals surface area contributed by atoms with E-state index in [9.17, 15) is 0 Å². The van der Waals surface area contributed by atoms with Gasteiger partial charge in [-0.25, -0.2) is 0 Å². The summed E-state index contributed by atoms with van der Waals surface area (Å²) >= 11 is 0. The average molecular weight is 154 g/mol. The zero-order chi connectivity index (χ0) is 8.48. The van der Waals surface area contributed by atoms with Gasteiger partial charge in [0.1, 0.15) is 0 Å². The first-order valence-electron chi connectivity index (χ1n) is 4.31. The monoisotopic (exact) mass is 154 g/mol. The van der Waals surface area contributed by atoms with E-state index in [-0.39, 0.29) is 5.41 Å². The third kappa shape index (κ3) is 1.84. The van der Waals surface area contributed by atoms with Gasteiger partial charge in [0.15, 0.2) is 0 Å². The fraction of sp³-hybridized carbons (Fsp3) is 0.800. The van der Waals surface area contributed by atoms with Gasteiger partial charge in [0.2, 0.25) is 0 Å². The largest absolute Gasteiger partial charge is 0.377 e. The summed E-state index contributed by atoms with van der Waals surface area (Å²) in [6.45, 7) is 11.3. The Morgan fingerprint density at radius 1 is 1.55 bits per heavy atom. The molecule has 0 saturated carbocycles. The van der Waals surface area contributed by atoms with E-state index in [1.165, 1.54) is 6.42 Å². The van der Waals surface area contributed by atoms with Gasteiger partial charge < -0.3 is 4.74 Å². The molecule has 0 spiro atoms. The van der Waals surface area contributed by atoms with Crippen molar-refractivity contribution in [2.24, 2.45) is 11.3 Å². The fourth-order valence-corrected chi connectivity index (χ4v) is 1.43. The standard InChI is InChI=1S/C10H18O/c1-5-10(3,4)9-6-8(2)7-11-9/h5,8-9H,1,6-7H2,2-4H3. The molecule has 1 heterocycles. The van der Waals surface area contributed by atoms with Gasteiger partial charge in [-0.15, -0.1) is 6.58 Å². The summed E-state index contributed by atoms with van der Waals surface area (Å²) in [6, 6.07) is 0. The molecule has 0 bridgehead atoms. The van der Waals surface area contributed by atoms with Crippen LogP contribution in [0.3, 0.4) is 0 Å². The van der Waals surface area contributed by atoms with Crippen LogP contribution in [0.2, 0.25) is 0 Å². The quantitative estimate of drug-likeness (QED) is 0.555. The van der Waals surface area contributed by atoms with Gasteiger partial charge in [0.25, 0.3) is 0 Å². The van der Waals surface area contributed by atoms with Crippen molar-refractivity contribution in [2.75, 3.05) is 6.61 Å². The minimum Gasteiger partial charge on any atom is -0.377 e. The lowest BCUT2D eigenvalue weighted by Crippen LogP contribution is -2.26. The smallest absolute Gasteiger partial charge is 0.0663 e. The minimum atomic E-state index is 0.144. The lowest BCUT2D eigenvalue weighted by atomic mass is 9.84. The van der Waals surface area contributed by atoms with Crippen LogP contribution in [0, 0.1) is 11.3 Å². The van der Waals surface area contributed by atoms with Crippen LogP contribution < -0.4 is 0 Å². The predicted molar refractivity (Wildman–Crippen MR) is 47.5 cm³/mol. The maximum atomic E-state index is 5.65. The predicted octanol–water partition coefficient (Wildman–Crippen LogP) is 2.62. The average Bonchev–Trinajstić information content (AvgIpc) is 2.36. The molecular weight excluding hydrogens is 136 g/mol. The van der Waals surface area contributed by atoms with Crippen LogP contribution in [0.25, 0.3) is 0 Å². The Morgan fingerprint density at radius 2 is 2.18 bits per heavy atom. The van der Waals surface area contributed by atoms with E-state index in [1.54, 1.807) is 0 Å². The SMILES string of the molecule is C=CC(C)(C)C1CC(C)CO1. The third-order valence-electron chi connectivity index (χ3n) is 2.55. The van der Waals surface area contributed by atoms with Crippen molar-refractivity contribution >= 4 is 0 Å². The Kier molecular flexibility index (Phi) is 2.38. The van der Waals surface area contributed by atoms with Crippen LogP contribution in [-0.2, 0) is 4.74 Å². The summed E-state index contributed by atoms with van der Waals surface area (Å²) in [5, 5.41) is 0. The maximum absolute atomic E-state index is 5.65. The topological polar surface area (TPSA) is 9.23 Å². The highest BCUT2D eigenvalue weighted by Gasteiger charge is 2.33. The summed E-state index contributed by atoms with van der Waals surface area (Å²) in [5.41, 5.74) is 0.144. The zero-order valence-corrected chi connectivity index (χ0v) is 7.76. The molecule has 0 aromatic carbocycles. The lowest BCUT2D eigenvalue weighted by Gasteiger charge is -2.26. The van der Waals surface area contributed by atoms with Gasteiger partial charge >= 0.3 is 0 Å². The van der Waals surface area contributed by atoms with E-state index in [2.05, 4.69) is 27.4 Å². The van der Waals surface area contributed by atoms with Crippen molar-refractivity contribution in [3.63, 3.8) is 0 Å². The van der Waals surface area contributed by atoms with E-state index in [1.807, 2.05) is 6.08 Å². The second kappa shape index (κ2) is 2.98. The summed E-state index contributed by atoms with van der Waals surface area (Å²) in [4.78, 5) is 0. The Hall–Kier alpha value is -0.300. The first kappa shape index (κ1) is 8.79. The molecule has 0 radical (unpaired) electrons. The molecule has 64 valence electrons. The van der Waals surface area contributed by atoms with E-state index in [0.29, 0.717) is 6.10 Å². The van der Waals surface area contributed by atoms with Gasteiger partial charge in [-0.2, -0.15) is 0 Å². The molecule has 0 aromatic heterocycles. The maximum Gasteiger partial charge on any atom is 0.0663 e. The molecule has 1 aliphatic rings. The first-order valence-corrected chi connectivity index (χ1v) is 4.31. The van der Waals surface area contributed by atoms with Gasteiger partial charge in [-0.3, -0.25) is 0 Å². The van der Waals surface area contributed by atoms with Crippen molar-refractivity contribution in [3.8, 4) is 0 Å². The Morgan fingerprint density at radius 3 is 2.55 bits per heavy atom. The molecule has 2 unspecified atom stereocenters. The van der Waals surface area contributed by atoms with Crippen LogP contribution in [0.5, 0.6) is 0 Å². The Labute approximate surface area is 69.4 Å². The van der Waals surface area contributed by atoms with Crippen molar-refractivity contribution in [1.82, 2.24) is 0 Å². The molecule has 11 heavy (non-hydrogen) atoms. The second-order valence-corrected chi connectivity index (χ2v) is 4.19. The number of hydrogen-bond acceptors (Lipinski definition) is 1. The Balaban J connectivity index is 2.55. The summed E-state index contributed by atoms with van der Waals surface area (Å²) < 4.78 is 5.65. The van der Waals surface area contributed by atoms with Crippen LogP contribution >= 0.6 is 0 Å². The highest BCUT2D eigenvalue weighted by atomic mass is 16.5. The summed E-state index contributed by atoms with van der Waals surface area (Å²) in [6.07, 6.45) is 3.56. The molecule has 1 heteroatoms. The third-order valence-corrected chi connectivity index (χ3v) is 2.55. The van der Waals surface area contributed by atoms with Gasteiger partial charge in [-0.1, -0.05) is 26.8 Å². The highest BCUT2D eigenvalue weighted by molar-refractivity contribution is 4.96. The van der Waals surface area contributed by atoms with Crippen LogP contribution in [0.15, 0.2) is 12.7 Å². The number of rotatable bonds is 2. The molecule has 0 amide bonds. The number of hydrogen-bond donors (Lipinski definition) is 0. The molecule has 1 fully saturated rings. The van der Waals surface area contributed by atoms with Crippen LogP contribution in [0.1, 0.15) is 27.2 Å². The summed E-state index contributed by atoms with van der Waals surface area (Å²) in [7, 11) is 0. The summed E-state index contributed by atoms with van der Waals surface area (Å²) in [5.74, 6) is 0.722. The van der Waals surface area contributed by atoms with Crippen LogP contribution in [-0.4, -0.2) is 12.7 Å². The molecule has 1 aliphatic heterocycles.